The topological polar surface area (TPSA) is 158 Å². The van der Waals surface area contributed by atoms with Crippen LogP contribution in [0.3, 0.4) is 0 Å². The molecule has 3 N–H and O–H groups in total. The Labute approximate surface area is 334 Å². The zero-order valence-corrected chi connectivity index (χ0v) is 33.6. The lowest BCUT2D eigenvalue weighted by Gasteiger charge is -2.39. The van der Waals surface area contributed by atoms with Gasteiger partial charge in [0.2, 0.25) is 5.88 Å². The van der Waals surface area contributed by atoms with Crippen molar-refractivity contribution in [1.82, 2.24) is 39.6 Å². The number of nitrogens with zero attached hydrogens (tertiary/aromatic N) is 6. The van der Waals surface area contributed by atoms with Crippen molar-refractivity contribution in [2.45, 2.75) is 44.6 Å². The molecule has 5 heterocycles. The summed E-state index contributed by atoms with van der Waals surface area (Å²) < 4.78 is 12.9. The van der Waals surface area contributed by atoms with Crippen molar-refractivity contribution in [3.8, 4) is 28.3 Å². The van der Waals surface area contributed by atoms with E-state index in [1.807, 2.05) is 35.2 Å². The van der Waals surface area contributed by atoms with Gasteiger partial charge in [0, 0.05) is 63.1 Å². The van der Waals surface area contributed by atoms with E-state index in [0.29, 0.717) is 46.2 Å². The number of carbonyl (C=O) groups excluding carboxylic acids is 1. The van der Waals surface area contributed by atoms with Gasteiger partial charge < -0.3 is 30.3 Å². The number of fused-ring (bicyclic) bond motifs is 2. The lowest BCUT2D eigenvalue weighted by Crippen LogP contribution is -2.61. The number of benzene rings is 2. The molecular weight excluding hydrogens is 757 g/mol. The van der Waals surface area contributed by atoms with E-state index in [4.69, 9.17) is 37.7 Å². The summed E-state index contributed by atoms with van der Waals surface area (Å²) in [5, 5.41) is 10.7. The van der Waals surface area contributed by atoms with Gasteiger partial charge in [-0.1, -0.05) is 53.5 Å². The fourth-order valence-electron chi connectivity index (χ4n) is 7.71. The Morgan fingerprint density at radius 2 is 1.68 bits per heavy atom. The highest BCUT2D eigenvalue weighted by Gasteiger charge is 2.40. The number of aryl methyl sites for hydroxylation is 3. The van der Waals surface area contributed by atoms with E-state index < -0.39 is 11.2 Å². The number of aromatic nitrogens is 5. The van der Waals surface area contributed by atoms with Gasteiger partial charge in [0.15, 0.2) is 5.65 Å². The van der Waals surface area contributed by atoms with Gasteiger partial charge in [-0.15, -0.1) is 0 Å². The third kappa shape index (κ3) is 7.46. The summed E-state index contributed by atoms with van der Waals surface area (Å²) in [7, 11) is 6.28. The Morgan fingerprint density at radius 1 is 0.929 bits per heavy atom. The highest BCUT2D eigenvalue weighted by molar-refractivity contribution is 6.39. The third-order valence-electron chi connectivity index (χ3n) is 10.8. The van der Waals surface area contributed by atoms with Gasteiger partial charge in [-0.3, -0.25) is 13.9 Å². The van der Waals surface area contributed by atoms with Gasteiger partial charge in [0.05, 0.1) is 40.7 Å². The van der Waals surface area contributed by atoms with Crippen molar-refractivity contribution in [3.05, 3.63) is 90.3 Å². The van der Waals surface area contributed by atoms with Crippen molar-refractivity contribution in [1.29, 1.82) is 0 Å². The van der Waals surface area contributed by atoms with Crippen LogP contribution in [0.15, 0.2) is 52.1 Å². The van der Waals surface area contributed by atoms with Crippen LogP contribution >= 0.6 is 23.2 Å². The van der Waals surface area contributed by atoms with Gasteiger partial charge in [0.25, 0.3) is 5.56 Å². The van der Waals surface area contributed by atoms with Gasteiger partial charge in [-0.05, 0) is 63.3 Å². The Morgan fingerprint density at radius 3 is 2.39 bits per heavy atom. The molecule has 1 aliphatic carbocycles. The normalized spacial score (nSPS) is 17.5. The molecule has 3 aromatic heterocycles. The van der Waals surface area contributed by atoms with Crippen molar-refractivity contribution in [2.75, 3.05) is 52.3 Å². The summed E-state index contributed by atoms with van der Waals surface area (Å²) >= 11 is 14.0. The fraction of sp³-hybridized carbons (Fsp3) is 0.400. The maximum atomic E-state index is 13.1. The summed E-state index contributed by atoms with van der Waals surface area (Å²) in [6, 6.07) is 13.4. The minimum absolute atomic E-state index is 0.0284. The second kappa shape index (κ2) is 16.2. The summed E-state index contributed by atoms with van der Waals surface area (Å²) in [6.45, 7) is 5.76. The predicted octanol–water partition coefficient (Wildman–Crippen LogP) is 5.39. The lowest BCUT2D eigenvalue weighted by molar-refractivity contribution is 0.120. The Balaban J connectivity index is 0.000000268. The van der Waals surface area contributed by atoms with Crippen molar-refractivity contribution in [3.63, 3.8) is 0 Å². The zero-order chi connectivity index (χ0) is 39.7. The second-order valence-electron chi connectivity index (χ2n) is 14.4. The number of pyridine rings is 1. The first kappa shape index (κ1) is 39.2. The van der Waals surface area contributed by atoms with Gasteiger partial charge >= 0.3 is 11.7 Å². The SMILES string of the molecule is COCCN1CCC2(CCNC2)NC1=O.COc1nc(-c2cccc(-c3cccc(Nc4nc(C)nc5c4c(=O)n(C)c(=O)n5C)c3Cl)c2Cl)cc2c1CCC2. The summed E-state index contributed by atoms with van der Waals surface area (Å²) in [4.78, 5) is 52.8. The highest BCUT2D eigenvalue weighted by Crippen LogP contribution is 2.43. The Hall–Kier alpha value is -5.02. The molecule has 2 aromatic carbocycles. The number of urea groups is 1. The van der Waals surface area contributed by atoms with Crippen molar-refractivity contribution < 1.29 is 14.3 Å². The molecular formula is C40H45Cl2N9O5. The minimum atomic E-state index is -0.508. The molecule has 294 valence electrons. The van der Waals surface area contributed by atoms with E-state index >= 15 is 0 Å². The number of rotatable bonds is 8. The second-order valence-corrected chi connectivity index (χ2v) is 15.1. The number of ether oxygens (including phenoxy) is 2. The van der Waals surface area contributed by atoms with E-state index in [-0.39, 0.29) is 28.4 Å². The number of anilines is 2. The van der Waals surface area contributed by atoms with E-state index in [1.165, 1.54) is 17.2 Å². The number of hydrogen-bond acceptors (Lipinski definition) is 10. The molecule has 8 rings (SSSR count). The summed E-state index contributed by atoms with van der Waals surface area (Å²) in [6.07, 6.45) is 5.10. The van der Waals surface area contributed by atoms with Crippen LogP contribution in [0.2, 0.25) is 10.0 Å². The third-order valence-corrected chi connectivity index (χ3v) is 11.6. The average Bonchev–Trinajstić information content (AvgIpc) is 3.86. The number of halogens is 2. The molecule has 5 aromatic rings. The standard InChI is InChI=1S/C30H26Cl2N6O3.C10H19N3O2/c1-15-33-26(23-27(34-15)37(2)30(40)38(3)29(23)39)35-21-13-7-11-19(25(21)32)18-10-6-12-20(24(18)31)22-14-16-8-5-9-17(16)28(36-22)41-4;1-15-7-6-13-5-3-10(12-9(13)14)2-4-11-8-10/h6-7,10-14H,5,8-9H2,1-4H3,(H,33,34,35);11H,2-8H2,1H3,(H,12,14). The summed E-state index contributed by atoms with van der Waals surface area (Å²) in [5.74, 6) is 1.28. The molecule has 1 atom stereocenters. The molecule has 0 saturated carbocycles. The number of hydrogen-bond donors (Lipinski definition) is 3. The Kier molecular flexibility index (Phi) is 11.4. The van der Waals surface area contributed by atoms with Crippen LogP contribution in [0.5, 0.6) is 5.88 Å². The zero-order valence-electron chi connectivity index (χ0n) is 32.1. The number of amides is 2. The molecule has 2 aliphatic heterocycles. The predicted molar refractivity (Wildman–Crippen MR) is 219 cm³/mol. The first-order valence-electron chi connectivity index (χ1n) is 18.6. The largest absolute Gasteiger partial charge is 0.481 e. The first-order valence-corrected chi connectivity index (χ1v) is 19.3. The first-order chi connectivity index (χ1) is 26.9. The van der Waals surface area contributed by atoms with E-state index in [9.17, 15) is 14.4 Å². The fourth-order valence-corrected chi connectivity index (χ4v) is 8.31. The van der Waals surface area contributed by atoms with Gasteiger partial charge in [-0.25, -0.2) is 24.5 Å². The van der Waals surface area contributed by atoms with Gasteiger partial charge in [0.1, 0.15) is 17.0 Å². The van der Waals surface area contributed by atoms with Crippen molar-refractivity contribution in [2.24, 2.45) is 14.1 Å². The van der Waals surface area contributed by atoms with E-state index in [2.05, 4.69) is 32.0 Å². The molecule has 2 fully saturated rings. The Bertz CT molecular complexity index is 2450. The maximum Gasteiger partial charge on any atom is 0.332 e. The number of nitrogens with one attached hydrogen (secondary N) is 3. The van der Waals surface area contributed by atoms with E-state index in [1.54, 1.807) is 34.3 Å². The van der Waals surface area contributed by atoms with Crippen LogP contribution in [0, 0.1) is 6.92 Å². The summed E-state index contributed by atoms with van der Waals surface area (Å²) in [5.41, 5.74) is 5.10. The molecule has 2 amide bonds. The van der Waals surface area contributed by atoms with Crippen LogP contribution in [0.4, 0.5) is 16.3 Å². The average molecular weight is 803 g/mol. The van der Waals surface area contributed by atoms with Crippen molar-refractivity contribution >= 4 is 51.8 Å². The quantitative estimate of drug-likeness (QED) is 0.186. The number of carbonyl (C=O) groups is 1. The van der Waals surface area contributed by atoms with Crippen LogP contribution in [-0.4, -0.2) is 87.6 Å². The van der Waals surface area contributed by atoms with Crippen LogP contribution < -0.4 is 31.9 Å². The monoisotopic (exact) mass is 801 g/mol. The van der Waals surface area contributed by atoms with E-state index in [0.717, 1.165) is 78.7 Å². The minimum Gasteiger partial charge on any atom is -0.481 e. The smallest absolute Gasteiger partial charge is 0.332 e. The number of methoxy groups -OCH3 is 2. The lowest BCUT2D eigenvalue weighted by atomic mass is 9.92. The molecule has 56 heavy (non-hydrogen) atoms. The molecule has 0 radical (unpaired) electrons. The van der Waals surface area contributed by atoms with Crippen LogP contribution in [0.1, 0.15) is 36.2 Å². The molecule has 16 heteroatoms. The molecule has 3 aliphatic rings. The molecule has 14 nitrogen and oxygen atoms in total. The molecule has 0 bridgehead atoms. The van der Waals surface area contributed by atoms with Gasteiger partial charge in [-0.2, -0.15) is 0 Å². The van der Waals surface area contributed by atoms with Crippen LogP contribution in [-0.2, 0) is 31.7 Å². The molecule has 2 saturated heterocycles. The molecule has 1 spiro atoms. The maximum absolute atomic E-state index is 13.1. The van der Waals surface area contributed by atoms with Crippen LogP contribution in [0.25, 0.3) is 33.4 Å². The molecule has 1 unspecified atom stereocenters. The highest BCUT2D eigenvalue weighted by atomic mass is 35.5.